The highest BCUT2D eigenvalue weighted by Crippen LogP contribution is 2.16. The van der Waals surface area contributed by atoms with Crippen LogP contribution < -0.4 is 26.8 Å². The zero-order valence-corrected chi connectivity index (χ0v) is 17.5. The third-order valence-corrected chi connectivity index (χ3v) is 5.41. The first-order valence-electron chi connectivity index (χ1n) is 10.2. The van der Waals surface area contributed by atoms with Crippen LogP contribution in [0, 0.1) is 0 Å². The molecule has 1 fully saturated rings. The molecular formula is C21H30N5O4+. The fourth-order valence-corrected chi connectivity index (χ4v) is 3.76. The van der Waals surface area contributed by atoms with Gasteiger partial charge >= 0.3 is 5.69 Å². The van der Waals surface area contributed by atoms with Crippen molar-refractivity contribution in [1.82, 2.24) is 9.55 Å². The lowest BCUT2D eigenvalue weighted by Gasteiger charge is -2.26. The van der Waals surface area contributed by atoms with Crippen molar-refractivity contribution in [2.24, 2.45) is 0 Å². The van der Waals surface area contributed by atoms with E-state index in [1.807, 2.05) is 37.4 Å². The predicted octanol–water partition coefficient (Wildman–Crippen LogP) is -0.786. The van der Waals surface area contributed by atoms with E-state index in [2.05, 4.69) is 4.98 Å². The number of hydrogen-bond acceptors (Lipinski definition) is 5. The second-order valence-corrected chi connectivity index (χ2v) is 7.84. The number of carbonyl (C=O) groups is 1. The van der Waals surface area contributed by atoms with Gasteiger partial charge in [0.1, 0.15) is 18.5 Å². The normalized spacial score (nSPS) is 17.5. The molecule has 0 radical (unpaired) electrons. The average molecular weight is 417 g/mol. The quantitative estimate of drug-likeness (QED) is 0.548. The smallest absolute Gasteiger partial charge is 0.330 e. The molecule has 2 heterocycles. The van der Waals surface area contributed by atoms with Crippen LogP contribution in [0.2, 0.25) is 0 Å². The van der Waals surface area contributed by atoms with Crippen molar-refractivity contribution in [3.05, 3.63) is 56.7 Å². The molecule has 2 aromatic rings. The molecule has 1 unspecified atom stereocenters. The van der Waals surface area contributed by atoms with E-state index in [0.29, 0.717) is 0 Å². The zero-order valence-electron chi connectivity index (χ0n) is 17.5. The first kappa shape index (κ1) is 21.8. The van der Waals surface area contributed by atoms with Gasteiger partial charge in [0.2, 0.25) is 0 Å². The summed E-state index contributed by atoms with van der Waals surface area (Å²) in [5.41, 5.74) is 5.73. The molecule has 162 valence electrons. The van der Waals surface area contributed by atoms with Gasteiger partial charge in [-0.25, -0.2) is 4.79 Å². The second kappa shape index (κ2) is 9.73. The Balaban J connectivity index is 1.76. The van der Waals surface area contributed by atoms with E-state index in [1.54, 1.807) is 0 Å². The van der Waals surface area contributed by atoms with E-state index in [9.17, 15) is 14.4 Å². The number of amides is 1. The number of ether oxygens (including phenoxy) is 1. The van der Waals surface area contributed by atoms with Crippen molar-refractivity contribution in [3.8, 4) is 0 Å². The van der Waals surface area contributed by atoms with Crippen LogP contribution in [0.1, 0.15) is 24.8 Å². The van der Waals surface area contributed by atoms with Crippen LogP contribution in [0.4, 0.5) is 11.5 Å². The summed E-state index contributed by atoms with van der Waals surface area (Å²) < 4.78 is 7.01. The lowest BCUT2D eigenvalue weighted by molar-refractivity contribution is -0.874. The first-order valence-corrected chi connectivity index (χ1v) is 10.2. The van der Waals surface area contributed by atoms with Gasteiger partial charge in [-0.3, -0.25) is 19.1 Å². The van der Waals surface area contributed by atoms with Gasteiger partial charge in [0.25, 0.3) is 11.5 Å². The molecule has 0 saturated carbocycles. The maximum absolute atomic E-state index is 12.8. The van der Waals surface area contributed by atoms with E-state index in [4.69, 9.17) is 10.5 Å². The van der Waals surface area contributed by atoms with E-state index in [0.717, 1.165) is 42.9 Å². The summed E-state index contributed by atoms with van der Waals surface area (Å²) in [6.45, 7) is 1.87. The largest absolute Gasteiger partial charge is 0.383 e. The molecule has 1 aliphatic rings. The maximum Gasteiger partial charge on any atom is 0.330 e. The molecule has 0 bridgehead atoms. The Hall–Kier alpha value is -2.91. The Bertz CT molecular complexity index is 979. The Labute approximate surface area is 175 Å². The highest BCUT2D eigenvalue weighted by molar-refractivity contribution is 5.95. The third kappa shape index (κ3) is 5.17. The predicted molar refractivity (Wildman–Crippen MR) is 115 cm³/mol. The number of rotatable bonds is 7. The lowest BCUT2D eigenvalue weighted by Crippen LogP contribution is -3.11. The van der Waals surface area contributed by atoms with Crippen LogP contribution in [0.25, 0.3) is 0 Å². The summed E-state index contributed by atoms with van der Waals surface area (Å²) in [5.74, 6) is -0.290. The molecule has 30 heavy (non-hydrogen) atoms. The van der Waals surface area contributed by atoms with Gasteiger partial charge in [-0.1, -0.05) is 30.3 Å². The van der Waals surface area contributed by atoms with Crippen molar-refractivity contribution in [3.63, 3.8) is 0 Å². The molecular weight excluding hydrogens is 386 g/mol. The molecule has 1 aliphatic heterocycles. The highest BCUT2D eigenvalue weighted by Gasteiger charge is 2.25. The monoisotopic (exact) mass is 416 g/mol. The number of nitrogens with two attached hydrogens (primary N) is 1. The minimum Gasteiger partial charge on any atom is -0.383 e. The zero-order chi connectivity index (χ0) is 21.7. The van der Waals surface area contributed by atoms with Crippen LogP contribution in [0.3, 0.4) is 0 Å². The minimum atomic E-state index is -0.675. The summed E-state index contributed by atoms with van der Waals surface area (Å²) in [4.78, 5) is 42.1. The minimum absolute atomic E-state index is 0.0164. The van der Waals surface area contributed by atoms with Crippen LogP contribution in [0.15, 0.2) is 39.9 Å². The van der Waals surface area contributed by atoms with Gasteiger partial charge in [-0.15, -0.1) is 0 Å². The number of H-pyrrole nitrogens is 1. The molecule has 3 rings (SSSR count). The lowest BCUT2D eigenvalue weighted by atomic mass is 10.1. The van der Waals surface area contributed by atoms with Crippen molar-refractivity contribution in [1.29, 1.82) is 0 Å². The van der Waals surface area contributed by atoms with Gasteiger partial charge in [0, 0.05) is 13.7 Å². The summed E-state index contributed by atoms with van der Waals surface area (Å²) >= 11 is 0. The number of benzene rings is 1. The molecule has 9 heteroatoms. The van der Waals surface area contributed by atoms with Gasteiger partial charge in [0.05, 0.1) is 13.6 Å². The van der Waals surface area contributed by atoms with Crippen molar-refractivity contribution in [2.45, 2.75) is 31.9 Å². The van der Waals surface area contributed by atoms with E-state index >= 15 is 0 Å². The summed E-state index contributed by atoms with van der Waals surface area (Å²) in [5, 5.41) is 0. The van der Waals surface area contributed by atoms with Gasteiger partial charge < -0.3 is 20.3 Å². The van der Waals surface area contributed by atoms with E-state index < -0.39 is 11.2 Å². The van der Waals surface area contributed by atoms with Crippen molar-refractivity contribution >= 4 is 17.4 Å². The molecule has 0 aliphatic carbocycles. The second-order valence-electron chi connectivity index (χ2n) is 7.84. The number of nitrogen functional groups attached to an aromatic ring is 1. The van der Waals surface area contributed by atoms with E-state index in [-0.39, 0.29) is 36.6 Å². The fourth-order valence-electron chi connectivity index (χ4n) is 3.76. The van der Waals surface area contributed by atoms with Gasteiger partial charge in [-0.2, -0.15) is 0 Å². The Morgan fingerprint density at radius 3 is 2.70 bits per heavy atom. The number of aromatic nitrogens is 2. The third-order valence-electron chi connectivity index (χ3n) is 5.41. The molecule has 4 N–H and O–H groups in total. The Morgan fingerprint density at radius 1 is 1.30 bits per heavy atom. The molecule has 1 aromatic heterocycles. The molecule has 1 amide bonds. The SMILES string of the molecule is CN(C(=O)C[NH+](C)C[C@H]1CCCCO1)c1c(N)n(Cc2ccccc2)c(=O)[nH]c1=O. The molecule has 9 nitrogen and oxygen atoms in total. The van der Waals surface area contributed by atoms with Crippen LogP contribution >= 0.6 is 0 Å². The van der Waals surface area contributed by atoms with Crippen LogP contribution in [0.5, 0.6) is 0 Å². The topological polar surface area (TPSA) is 115 Å². The molecule has 2 atom stereocenters. The van der Waals surface area contributed by atoms with Gasteiger partial charge in [-0.05, 0) is 24.8 Å². The number of aromatic amines is 1. The Kier molecular flexibility index (Phi) is 7.07. The number of hydrogen-bond donors (Lipinski definition) is 3. The number of quaternary nitrogens is 1. The fraction of sp³-hybridized carbons (Fsp3) is 0.476. The number of nitrogens with one attached hydrogen (secondary N) is 2. The summed E-state index contributed by atoms with van der Waals surface area (Å²) in [7, 11) is 3.43. The van der Waals surface area contributed by atoms with Crippen LogP contribution in [-0.4, -0.2) is 55.4 Å². The van der Waals surface area contributed by atoms with Crippen molar-refractivity contribution in [2.75, 3.05) is 44.4 Å². The first-order chi connectivity index (χ1) is 14.4. The van der Waals surface area contributed by atoms with Gasteiger partial charge in [0.15, 0.2) is 12.2 Å². The summed E-state index contributed by atoms with van der Waals surface area (Å²) in [6, 6.07) is 9.30. The number of nitrogens with zero attached hydrogens (tertiary/aromatic N) is 2. The standard InChI is InChI=1S/C21H29N5O4/c1-24(13-16-10-6-7-11-30-16)14-17(27)25(2)18-19(22)26(21(29)23-20(18)28)12-15-8-4-3-5-9-15/h3-5,8-9,16H,6-7,10-14,22H2,1-2H3,(H,23,28,29)/p+1/t16-/m1/s1. The number of anilines is 2. The average Bonchev–Trinajstić information content (AvgIpc) is 2.72. The molecule has 1 aromatic carbocycles. The van der Waals surface area contributed by atoms with Crippen molar-refractivity contribution < 1.29 is 14.4 Å². The summed E-state index contributed by atoms with van der Waals surface area (Å²) in [6.07, 6.45) is 3.37. The van der Waals surface area contributed by atoms with E-state index in [1.165, 1.54) is 16.5 Å². The Morgan fingerprint density at radius 2 is 2.03 bits per heavy atom. The molecule has 1 saturated heterocycles. The number of likely N-dealkylation sites (N-methyl/N-ethyl adjacent to an activating group) is 2. The molecule has 0 spiro atoms. The highest BCUT2D eigenvalue weighted by atomic mass is 16.5. The van der Waals surface area contributed by atoms with Crippen LogP contribution in [-0.2, 0) is 16.1 Å². The maximum atomic E-state index is 12.8. The number of carbonyl (C=O) groups excluding carboxylic acids is 1.